The first-order chi connectivity index (χ1) is 7.79. The molecule has 0 atom stereocenters. The zero-order valence-corrected chi connectivity index (χ0v) is 10.6. The Morgan fingerprint density at radius 1 is 1.38 bits per heavy atom. The van der Waals surface area contributed by atoms with E-state index in [1.54, 1.807) is 11.3 Å². The Morgan fingerprint density at radius 3 is 2.88 bits per heavy atom. The van der Waals surface area contributed by atoms with Crippen molar-refractivity contribution in [2.75, 3.05) is 13.1 Å². The molecular weight excluding hydrogens is 218 g/mol. The highest BCUT2D eigenvalue weighted by Gasteiger charge is 2.26. The molecule has 0 aliphatic heterocycles. The Labute approximate surface area is 101 Å². The number of nitrogens with two attached hydrogens (primary N) is 1. The van der Waals surface area contributed by atoms with Crippen LogP contribution in [0.25, 0.3) is 0 Å². The molecule has 0 radical (unpaired) electrons. The van der Waals surface area contributed by atoms with Crippen molar-refractivity contribution in [3.05, 3.63) is 16.6 Å². The van der Waals surface area contributed by atoms with Crippen molar-refractivity contribution in [3.8, 4) is 0 Å². The van der Waals surface area contributed by atoms with Crippen LogP contribution in [-0.2, 0) is 6.42 Å². The van der Waals surface area contributed by atoms with Crippen LogP contribution in [0.15, 0.2) is 10.9 Å². The molecule has 1 aliphatic rings. The SMILES string of the molecule is NC1(CNCCc2cscn2)CCCCC1. The van der Waals surface area contributed by atoms with Crippen molar-refractivity contribution in [1.82, 2.24) is 10.3 Å². The first kappa shape index (κ1) is 12.0. The fourth-order valence-corrected chi connectivity index (χ4v) is 2.94. The zero-order chi connectivity index (χ0) is 11.3. The summed E-state index contributed by atoms with van der Waals surface area (Å²) in [6.07, 6.45) is 7.32. The molecule has 0 saturated heterocycles. The molecule has 0 bridgehead atoms. The Balaban J connectivity index is 1.63. The highest BCUT2D eigenvalue weighted by atomic mass is 32.1. The highest BCUT2D eigenvalue weighted by molar-refractivity contribution is 7.07. The topological polar surface area (TPSA) is 50.9 Å². The van der Waals surface area contributed by atoms with Crippen molar-refractivity contribution in [2.24, 2.45) is 5.73 Å². The maximum absolute atomic E-state index is 6.34. The van der Waals surface area contributed by atoms with Gasteiger partial charge in [-0.2, -0.15) is 0 Å². The maximum atomic E-state index is 6.34. The van der Waals surface area contributed by atoms with Gasteiger partial charge in [-0.05, 0) is 12.8 Å². The van der Waals surface area contributed by atoms with Gasteiger partial charge in [0.15, 0.2) is 0 Å². The van der Waals surface area contributed by atoms with Gasteiger partial charge in [-0.1, -0.05) is 19.3 Å². The summed E-state index contributed by atoms with van der Waals surface area (Å²) in [5.74, 6) is 0. The lowest BCUT2D eigenvalue weighted by molar-refractivity contribution is 0.284. The van der Waals surface area contributed by atoms with E-state index in [9.17, 15) is 0 Å². The fourth-order valence-electron chi connectivity index (χ4n) is 2.35. The summed E-state index contributed by atoms with van der Waals surface area (Å²) in [5, 5.41) is 5.59. The van der Waals surface area contributed by atoms with Gasteiger partial charge in [-0.25, -0.2) is 4.98 Å². The predicted molar refractivity (Wildman–Crippen MR) is 68.7 cm³/mol. The molecule has 0 aromatic carbocycles. The number of aromatic nitrogens is 1. The second-order valence-corrected chi connectivity index (χ2v) is 5.55. The molecule has 1 aromatic heterocycles. The van der Waals surface area contributed by atoms with E-state index in [0.717, 1.165) is 19.5 Å². The minimum atomic E-state index is 0.0559. The van der Waals surface area contributed by atoms with Crippen molar-refractivity contribution in [1.29, 1.82) is 0 Å². The van der Waals surface area contributed by atoms with E-state index in [-0.39, 0.29) is 5.54 Å². The number of rotatable bonds is 5. The summed E-state index contributed by atoms with van der Waals surface area (Å²) in [5.41, 5.74) is 9.48. The Hall–Kier alpha value is -0.450. The second kappa shape index (κ2) is 5.75. The molecule has 2 rings (SSSR count). The molecule has 3 nitrogen and oxygen atoms in total. The van der Waals surface area contributed by atoms with Crippen LogP contribution in [0.2, 0.25) is 0 Å². The summed E-state index contributed by atoms with van der Waals surface area (Å²) in [6, 6.07) is 0. The lowest BCUT2D eigenvalue weighted by Gasteiger charge is -2.33. The number of thiazole rings is 1. The van der Waals surface area contributed by atoms with Gasteiger partial charge < -0.3 is 11.1 Å². The summed E-state index contributed by atoms with van der Waals surface area (Å²) in [4.78, 5) is 4.27. The first-order valence-electron chi connectivity index (χ1n) is 6.15. The highest BCUT2D eigenvalue weighted by Crippen LogP contribution is 2.24. The molecule has 1 saturated carbocycles. The van der Waals surface area contributed by atoms with E-state index >= 15 is 0 Å². The average Bonchev–Trinajstić information content (AvgIpc) is 2.78. The van der Waals surface area contributed by atoms with Crippen LogP contribution in [0.3, 0.4) is 0 Å². The third kappa shape index (κ3) is 3.54. The minimum Gasteiger partial charge on any atom is -0.324 e. The van der Waals surface area contributed by atoms with Gasteiger partial charge in [0.1, 0.15) is 0 Å². The molecule has 1 heterocycles. The van der Waals surface area contributed by atoms with Crippen LogP contribution in [0.1, 0.15) is 37.8 Å². The van der Waals surface area contributed by atoms with Crippen molar-refractivity contribution >= 4 is 11.3 Å². The number of hydrogen-bond donors (Lipinski definition) is 2. The summed E-state index contributed by atoms with van der Waals surface area (Å²) >= 11 is 1.66. The fraction of sp³-hybridized carbons (Fsp3) is 0.750. The lowest BCUT2D eigenvalue weighted by atomic mass is 9.82. The van der Waals surface area contributed by atoms with Gasteiger partial charge in [0.05, 0.1) is 11.2 Å². The molecule has 1 aromatic rings. The third-order valence-corrected chi connectivity index (χ3v) is 4.00. The lowest BCUT2D eigenvalue weighted by Crippen LogP contribution is -2.50. The van der Waals surface area contributed by atoms with E-state index < -0.39 is 0 Å². The van der Waals surface area contributed by atoms with Crippen LogP contribution in [0.5, 0.6) is 0 Å². The monoisotopic (exact) mass is 239 g/mol. The molecule has 4 heteroatoms. The van der Waals surface area contributed by atoms with Crippen LogP contribution in [0.4, 0.5) is 0 Å². The van der Waals surface area contributed by atoms with E-state index in [4.69, 9.17) is 5.73 Å². The Morgan fingerprint density at radius 2 is 2.19 bits per heavy atom. The molecule has 3 N–H and O–H groups in total. The minimum absolute atomic E-state index is 0.0559. The van der Waals surface area contributed by atoms with Gasteiger partial charge in [0.2, 0.25) is 0 Å². The van der Waals surface area contributed by atoms with Crippen LogP contribution in [0, 0.1) is 0 Å². The molecule has 0 spiro atoms. The van der Waals surface area contributed by atoms with Gasteiger partial charge in [-0.3, -0.25) is 0 Å². The Bertz CT molecular complexity index is 291. The van der Waals surface area contributed by atoms with E-state index in [0.29, 0.717) is 0 Å². The standard InChI is InChI=1S/C12H21N3S/c13-12(5-2-1-3-6-12)9-14-7-4-11-8-16-10-15-11/h8,10,14H,1-7,9,13H2. The summed E-state index contributed by atoms with van der Waals surface area (Å²) in [6.45, 7) is 1.94. The number of nitrogens with zero attached hydrogens (tertiary/aromatic N) is 1. The van der Waals surface area contributed by atoms with Crippen LogP contribution < -0.4 is 11.1 Å². The van der Waals surface area contributed by atoms with Crippen LogP contribution in [-0.4, -0.2) is 23.6 Å². The molecule has 16 heavy (non-hydrogen) atoms. The molecule has 1 aliphatic carbocycles. The molecule has 1 fully saturated rings. The van der Waals surface area contributed by atoms with Crippen LogP contribution >= 0.6 is 11.3 Å². The summed E-state index contributed by atoms with van der Waals surface area (Å²) < 4.78 is 0. The van der Waals surface area contributed by atoms with Gasteiger partial charge in [0, 0.05) is 30.4 Å². The number of nitrogens with one attached hydrogen (secondary N) is 1. The molecular formula is C12H21N3S. The van der Waals surface area contributed by atoms with E-state index in [1.807, 2.05) is 5.51 Å². The molecule has 0 unspecified atom stereocenters. The van der Waals surface area contributed by atoms with Crippen molar-refractivity contribution in [2.45, 2.75) is 44.1 Å². The smallest absolute Gasteiger partial charge is 0.0794 e. The molecule has 0 amide bonds. The normalized spacial score (nSPS) is 19.8. The van der Waals surface area contributed by atoms with Gasteiger partial charge in [-0.15, -0.1) is 11.3 Å². The van der Waals surface area contributed by atoms with Crippen molar-refractivity contribution < 1.29 is 0 Å². The number of hydrogen-bond acceptors (Lipinski definition) is 4. The quantitative estimate of drug-likeness (QED) is 0.772. The average molecular weight is 239 g/mol. The summed E-state index contributed by atoms with van der Waals surface area (Å²) in [7, 11) is 0. The van der Waals surface area contributed by atoms with Gasteiger partial charge >= 0.3 is 0 Å². The largest absolute Gasteiger partial charge is 0.324 e. The maximum Gasteiger partial charge on any atom is 0.0794 e. The third-order valence-electron chi connectivity index (χ3n) is 3.37. The Kier molecular flexibility index (Phi) is 4.32. The van der Waals surface area contributed by atoms with E-state index in [1.165, 1.54) is 37.8 Å². The van der Waals surface area contributed by atoms with Crippen molar-refractivity contribution in [3.63, 3.8) is 0 Å². The van der Waals surface area contributed by atoms with Gasteiger partial charge in [0.25, 0.3) is 0 Å². The van der Waals surface area contributed by atoms with E-state index in [2.05, 4.69) is 15.7 Å². The predicted octanol–water partition coefficient (Wildman–Crippen LogP) is 1.94. The molecule has 90 valence electrons. The zero-order valence-electron chi connectivity index (χ0n) is 9.74. The first-order valence-corrected chi connectivity index (χ1v) is 7.09. The second-order valence-electron chi connectivity index (χ2n) is 4.83.